The molecule has 10 nitrogen and oxygen atoms in total. The molecule has 0 radical (unpaired) electrons. The number of aryl methyl sites for hydroxylation is 1. The SMILES string of the molecule is CCCS(=O)(=O)Nc1cccc2c(Oc3ncccc3-c3ccnc(N[C@H]4C[C@H](F)CN(Cc5ccc(OC)cc5)C4)n3)c(C)ccc12. The van der Waals surface area contributed by atoms with Gasteiger partial charge in [0.15, 0.2) is 0 Å². The number of hydrogen-bond donors (Lipinski definition) is 2. The first-order valence-corrected chi connectivity index (χ1v) is 17.6. The number of piperidine rings is 1. The van der Waals surface area contributed by atoms with Crippen molar-refractivity contribution in [1.82, 2.24) is 19.9 Å². The maximum Gasteiger partial charge on any atom is 0.232 e. The molecule has 1 saturated heterocycles. The van der Waals surface area contributed by atoms with E-state index in [1.54, 1.807) is 43.8 Å². The second kappa shape index (κ2) is 14.5. The Bertz CT molecular complexity index is 1990. The standard InChI is InChI=1S/C36H39FN6O4S/c1-4-19-48(44,45)42-33-9-5-7-30-29(33)15-10-24(2)34(30)47-35-31(8-6-17-38-35)32-16-18-39-36(41-32)40-27-20-26(37)22-43(23-27)21-25-11-13-28(46-3)14-12-25/h5-18,26-27,42H,4,19-23H2,1-3H3,(H,39,40,41)/t26-,27-/m0/s1. The van der Waals surface area contributed by atoms with Gasteiger partial charge >= 0.3 is 0 Å². The Hall–Kier alpha value is -4.81. The van der Waals surface area contributed by atoms with E-state index in [9.17, 15) is 12.8 Å². The lowest BCUT2D eigenvalue weighted by molar-refractivity contribution is 0.123. The van der Waals surface area contributed by atoms with Crippen LogP contribution >= 0.6 is 0 Å². The summed E-state index contributed by atoms with van der Waals surface area (Å²) in [4.78, 5) is 15.9. The number of fused-ring (bicyclic) bond motifs is 1. The Morgan fingerprint density at radius 2 is 1.79 bits per heavy atom. The van der Waals surface area contributed by atoms with Crippen molar-refractivity contribution in [2.24, 2.45) is 0 Å². The maximum absolute atomic E-state index is 14.9. The number of rotatable bonds is 12. The molecule has 2 aromatic heterocycles. The molecule has 6 rings (SSSR count). The number of benzene rings is 3. The summed E-state index contributed by atoms with van der Waals surface area (Å²) in [5.41, 5.74) is 3.66. The monoisotopic (exact) mass is 670 g/mol. The van der Waals surface area contributed by atoms with E-state index in [0.29, 0.717) is 72.4 Å². The zero-order chi connectivity index (χ0) is 33.7. The van der Waals surface area contributed by atoms with Crippen LogP contribution < -0.4 is 19.5 Å². The minimum Gasteiger partial charge on any atom is -0.497 e. The van der Waals surface area contributed by atoms with E-state index in [-0.39, 0.29) is 11.8 Å². The fraction of sp³-hybridized carbons (Fsp3) is 0.306. The van der Waals surface area contributed by atoms with E-state index < -0.39 is 16.2 Å². The van der Waals surface area contributed by atoms with Crippen LogP contribution in [0.2, 0.25) is 0 Å². The Morgan fingerprint density at radius 3 is 2.58 bits per heavy atom. The number of pyridine rings is 1. The minimum atomic E-state index is -3.49. The van der Waals surface area contributed by atoms with Crippen LogP contribution in [0.5, 0.6) is 17.4 Å². The number of nitrogens with one attached hydrogen (secondary N) is 2. The summed E-state index contributed by atoms with van der Waals surface area (Å²) in [6, 6.07) is 22.3. The van der Waals surface area contributed by atoms with Crippen LogP contribution in [0.1, 0.15) is 30.9 Å². The zero-order valence-electron chi connectivity index (χ0n) is 27.2. The van der Waals surface area contributed by atoms with Crippen molar-refractivity contribution in [2.75, 3.05) is 36.0 Å². The lowest BCUT2D eigenvalue weighted by Crippen LogP contribution is -2.47. The first-order valence-electron chi connectivity index (χ1n) is 16.0. The highest BCUT2D eigenvalue weighted by atomic mass is 32.2. The van der Waals surface area contributed by atoms with Crippen molar-refractivity contribution in [3.63, 3.8) is 0 Å². The van der Waals surface area contributed by atoms with Crippen molar-refractivity contribution in [1.29, 1.82) is 0 Å². The molecule has 1 fully saturated rings. The molecular weight excluding hydrogens is 631 g/mol. The molecule has 0 amide bonds. The van der Waals surface area contributed by atoms with E-state index in [1.807, 2.05) is 62.4 Å². The fourth-order valence-electron chi connectivity index (χ4n) is 6.02. The topological polar surface area (TPSA) is 119 Å². The lowest BCUT2D eigenvalue weighted by atomic mass is 10.0. The van der Waals surface area contributed by atoms with Gasteiger partial charge in [-0.3, -0.25) is 9.62 Å². The van der Waals surface area contributed by atoms with Crippen LogP contribution in [0.3, 0.4) is 0 Å². The van der Waals surface area contributed by atoms with E-state index in [2.05, 4.69) is 24.9 Å². The molecule has 0 saturated carbocycles. The number of sulfonamides is 1. The van der Waals surface area contributed by atoms with Gasteiger partial charge in [0.05, 0.1) is 29.8 Å². The van der Waals surface area contributed by atoms with Crippen LogP contribution in [0.15, 0.2) is 85.2 Å². The number of ether oxygens (including phenoxy) is 2. The number of nitrogens with zero attached hydrogens (tertiary/aromatic N) is 4. The number of aromatic nitrogens is 3. The molecule has 0 aliphatic carbocycles. The molecular formula is C36H39FN6O4S. The van der Waals surface area contributed by atoms with Gasteiger partial charge in [0.1, 0.15) is 17.7 Å². The molecule has 12 heteroatoms. The summed E-state index contributed by atoms with van der Waals surface area (Å²) in [6.45, 7) is 5.38. The molecule has 5 aromatic rings. The predicted octanol–water partition coefficient (Wildman–Crippen LogP) is 6.98. The van der Waals surface area contributed by atoms with E-state index in [0.717, 1.165) is 22.3 Å². The summed E-state index contributed by atoms with van der Waals surface area (Å²) in [7, 11) is -1.86. The Morgan fingerprint density at radius 1 is 0.958 bits per heavy atom. The maximum atomic E-state index is 14.9. The Labute approximate surface area is 280 Å². The third-order valence-corrected chi connectivity index (χ3v) is 9.70. The van der Waals surface area contributed by atoms with Gasteiger partial charge in [0.25, 0.3) is 0 Å². The van der Waals surface area contributed by atoms with Crippen LogP contribution in [0.25, 0.3) is 22.0 Å². The van der Waals surface area contributed by atoms with E-state index in [4.69, 9.17) is 14.5 Å². The quantitative estimate of drug-likeness (QED) is 0.145. The highest BCUT2D eigenvalue weighted by Gasteiger charge is 2.28. The molecule has 2 N–H and O–H groups in total. The second-order valence-corrected chi connectivity index (χ2v) is 13.8. The summed E-state index contributed by atoms with van der Waals surface area (Å²) < 4.78 is 54.5. The highest BCUT2D eigenvalue weighted by Crippen LogP contribution is 2.39. The van der Waals surface area contributed by atoms with Gasteiger partial charge in [0, 0.05) is 55.3 Å². The van der Waals surface area contributed by atoms with E-state index in [1.165, 1.54) is 0 Å². The van der Waals surface area contributed by atoms with E-state index >= 15 is 0 Å². The first kappa shape index (κ1) is 33.1. The summed E-state index contributed by atoms with van der Waals surface area (Å²) in [5, 5.41) is 4.80. The van der Waals surface area contributed by atoms with Gasteiger partial charge < -0.3 is 14.8 Å². The lowest BCUT2D eigenvalue weighted by Gasteiger charge is -2.35. The summed E-state index contributed by atoms with van der Waals surface area (Å²) in [6.07, 6.45) is 3.18. The number of methoxy groups -OCH3 is 1. The predicted molar refractivity (Wildman–Crippen MR) is 187 cm³/mol. The third kappa shape index (κ3) is 7.83. The van der Waals surface area contributed by atoms with Gasteiger partial charge in [-0.2, -0.15) is 0 Å². The number of anilines is 2. The molecule has 48 heavy (non-hydrogen) atoms. The van der Waals surface area contributed by atoms with Crippen molar-refractivity contribution >= 4 is 32.4 Å². The molecule has 3 heterocycles. The molecule has 0 bridgehead atoms. The molecule has 250 valence electrons. The minimum absolute atomic E-state index is 0.0305. The van der Waals surface area contributed by atoms with Crippen molar-refractivity contribution in [3.8, 4) is 28.6 Å². The molecule has 2 atom stereocenters. The van der Waals surface area contributed by atoms with Gasteiger partial charge in [-0.25, -0.2) is 27.8 Å². The number of hydrogen-bond acceptors (Lipinski definition) is 9. The zero-order valence-corrected chi connectivity index (χ0v) is 28.0. The largest absolute Gasteiger partial charge is 0.497 e. The fourth-order valence-corrected chi connectivity index (χ4v) is 7.18. The van der Waals surface area contributed by atoms with Crippen LogP contribution in [0.4, 0.5) is 16.0 Å². The second-order valence-electron chi connectivity index (χ2n) is 12.0. The average Bonchev–Trinajstić information content (AvgIpc) is 3.06. The first-order chi connectivity index (χ1) is 23.2. The van der Waals surface area contributed by atoms with Gasteiger partial charge in [0.2, 0.25) is 21.9 Å². The highest BCUT2D eigenvalue weighted by molar-refractivity contribution is 7.92. The van der Waals surface area contributed by atoms with Crippen molar-refractivity contribution in [3.05, 3.63) is 96.3 Å². The molecule has 1 aliphatic rings. The number of likely N-dealkylation sites (tertiary alicyclic amines) is 1. The van der Waals surface area contributed by atoms with Crippen LogP contribution in [0, 0.1) is 6.92 Å². The molecule has 0 unspecified atom stereocenters. The average molecular weight is 671 g/mol. The Kier molecular flexibility index (Phi) is 10.0. The molecule has 1 aliphatic heterocycles. The molecule has 3 aromatic carbocycles. The van der Waals surface area contributed by atoms with Gasteiger partial charge in [-0.05, 0) is 60.9 Å². The van der Waals surface area contributed by atoms with Crippen molar-refractivity contribution < 1.29 is 22.3 Å². The Balaban J connectivity index is 1.23. The number of alkyl halides is 1. The number of halogens is 1. The van der Waals surface area contributed by atoms with Gasteiger partial charge in [-0.1, -0.05) is 43.3 Å². The normalized spacial score (nSPS) is 16.8. The summed E-state index contributed by atoms with van der Waals surface area (Å²) in [5.74, 6) is 2.10. The smallest absolute Gasteiger partial charge is 0.232 e. The third-order valence-electron chi connectivity index (χ3n) is 8.22. The van der Waals surface area contributed by atoms with Crippen LogP contribution in [-0.2, 0) is 16.6 Å². The molecule has 0 spiro atoms. The van der Waals surface area contributed by atoms with Crippen LogP contribution in [-0.4, -0.2) is 66.4 Å². The van der Waals surface area contributed by atoms with Crippen molar-refractivity contribution in [2.45, 2.75) is 45.4 Å². The summed E-state index contributed by atoms with van der Waals surface area (Å²) >= 11 is 0. The van der Waals surface area contributed by atoms with Gasteiger partial charge in [-0.15, -0.1) is 0 Å².